The second-order valence-corrected chi connectivity index (χ2v) is 7.47. The normalized spacial score (nSPS) is 16.3. The molecule has 1 aromatic heterocycles. The molecule has 1 fully saturated rings. The van der Waals surface area contributed by atoms with Crippen molar-refractivity contribution >= 4 is 17.2 Å². The van der Waals surface area contributed by atoms with E-state index in [0.29, 0.717) is 18.7 Å². The molecule has 0 spiro atoms. The van der Waals surface area contributed by atoms with Crippen LogP contribution in [0.3, 0.4) is 0 Å². The number of amides is 1. The second kappa shape index (κ2) is 6.99. The molecule has 2 aromatic rings. The standard InChI is InChI=1S/C18H21FN2O2S/c1-21(12-18(23)7-2-3-8-18)17(22)15-11-24-16(20-15)10-13-5-4-6-14(19)9-13/h4-6,9,11,23H,2-3,7-8,10,12H2,1H3. The van der Waals surface area contributed by atoms with Gasteiger partial charge in [0.1, 0.15) is 11.5 Å². The Morgan fingerprint density at radius 1 is 1.42 bits per heavy atom. The molecule has 1 saturated carbocycles. The van der Waals surface area contributed by atoms with Crippen molar-refractivity contribution in [1.82, 2.24) is 9.88 Å². The Balaban J connectivity index is 1.64. The van der Waals surface area contributed by atoms with Gasteiger partial charge in [0, 0.05) is 25.4 Å². The average Bonchev–Trinajstić information content (AvgIpc) is 3.16. The van der Waals surface area contributed by atoms with Crippen LogP contribution in [0.1, 0.15) is 46.7 Å². The van der Waals surface area contributed by atoms with Crippen LogP contribution in [0.15, 0.2) is 29.6 Å². The number of nitrogens with zero attached hydrogens (tertiary/aromatic N) is 2. The lowest BCUT2D eigenvalue weighted by Crippen LogP contribution is -2.42. The molecule has 24 heavy (non-hydrogen) atoms. The molecule has 4 nitrogen and oxygen atoms in total. The van der Waals surface area contributed by atoms with Crippen LogP contribution < -0.4 is 0 Å². The van der Waals surface area contributed by atoms with E-state index in [2.05, 4.69) is 4.98 Å². The van der Waals surface area contributed by atoms with Crippen molar-refractivity contribution in [2.75, 3.05) is 13.6 Å². The summed E-state index contributed by atoms with van der Waals surface area (Å²) in [7, 11) is 1.70. The Hall–Kier alpha value is -1.79. The minimum Gasteiger partial charge on any atom is -0.388 e. The van der Waals surface area contributed by atoms with Crippen molar-refractivity contribution in [3.8, 4) is 0 Å². The van der Waals surface area contributed by atoms with Crippen LogP contribution in [0.2, 0.25) is 0 Å². The Labute approximate surface area is 145 Å². The Morgan fingerprint density at radius 2 is 2.17 bits per heavy atom. The molecular formula is C18H21FN2O2S. The van der Waals surface area contributed by atoms with Crippen LogP contribution in [-0.2, 0) is 6.42 Å². The first kappa shape index (κ1) is 17.0. The maximum atomic E-state index is 13.2. The van der Waals surface area contributed by atoms with E-state index in [-0.39, 0.29) is 11.7 Å². The van der Waals surface area contributed by atoms with Crippen molar-refractivity contribution in [2.24, 2.45) is 0 Å². The molecule has 128 valence electrons. The highest BCUT2D eigenvalue weighted by molar-refractivity contribution is 7.09. The van der Waals surface area contributed by atoms with Crippen LogP contribution in [0.5, 0.6) is 0 Å². The maximum absolute atomic E-state index is 13.2. The van der Waals surface area contributed by atoms with Crippen molar-refractivity contribution in [1.29, 1.82) is 0 Å². The number of aromatic nitrogens is 1. The van der Waals surface area contributed by atoms with Crippen molar-refractivity contribution in [2.45, 2.75) is 37.7 Å². The first-order chi connectivity index (χ1) is 11.5. The maximum Gasteiger partial charge on any atom is 0.273 e. The van der Waals surface area contributed by atoms with E-state index in [1.165, 1.54) is 23.5 Å². The summed E-state index contributed by atoms with van der Waals surface area (Å²) in [5, 5.41) is 12.9. The van der Waals surface area contributed by atoms with Crippen LogP contribution in [0.25, 0.3) is 0 Å². The van der Waals surface area contributed by atoms with E-state index in [1.54, 1.807) is 23.4 Å². The van der Waals surface area contributed by atoms with Gasteiger partial charge in [0.2, 0.25) is 0 Å². The van der Waals surface area contributed by atoms with Gasteiger partial charge in [-0.25, -0.2) is 9.37 Å². The van der Waals surface area contributed by atoms with E-state index >= 15 is 0 Å². The highest BCUT2D eigenvalue weighted by Crippen LogP contribution is 2.30. The van der Waals surface area contributed by atoms with Crippen LogP contribution in [0.4, 0.5) is 4.39 Å². The monoisotopic (exact) mass is 348 g/mol. The number of benzene rings is 1. The molecule has 1 aliphatic carbocycles. The van der Waals surface area contributed by atoms with Crippen molar-refractivity contribution in [3.63, 3.8) is 0 Å². The van der Waals surface area contributed by atoms with Gasteiger partial charge in [-0.15, -0.1) is 11.3 Å². The molecule has 1 amide bonds. The van der Waals surface area contributed by atoms with Gasteiger partial charge >= 0.3 is 0 Å². The molecule has 6 heteroatoms. The number of aliphatic hydroxyl groups is 1. The summed E-state index contributed by atoms with van der Waals surface area (Å²) in [6.07, 6.45) is 4.00. The predicted octanol–water partition coefficient (Wildman–Crippen LogP) is 3.25. The Kier molecular flexibility index (Phi) is 4.96. The topological polar surface area (TPSA) is 53.4 Å². The van der Waals surface area contributed by atoms with Crippen molar-refractivity contribution in [3.05, 3.63) is 51.7 Å². The second-order valence-electron chi connectivity index (χ2n) is 6.53. The van der Waals surface area contributed by atoms with Crippen LogP contribution in [-0.4, -0.2) is 40.1 Å². The first-order valence-corrected chi connectivity index (χ1v) is 9.00. The lowest BCUT2D eigenvalue weighted by Gasteiger charge is -2.28. The molecular weight excluding hydrogens is 327 g/mol. The van der Waals surface area contributed by atoms with E-state index < -0.39 is 5.60 Å². The zero-order chi connectivity index (χ0) is 17.2. The number of likely N-dealkylation sites (N-methyl/N-ethyl adjacent to an activating group) is 1. The molecule has 1 aliphatic rings. The van der Waals surface area contributed by atoms with E-state index in [9.17, 15) is 14.3 Å². The fourth-order valence-corrected chi connectivity index (χ4v) is 4.01. The van der Waals surface area contributed by atoms with E-state index in [1.807, 2.05) is 6.07 Å². The van der Waals surface area contributed by atoms with Gasteiger partial charge in [-0.2, -0.15) is 0 Å². The highest BCUT2D eigenvalue weighted by Gasteiger charge is 2.33. The number of carbonyl (C=O) groups excluding carboxylic acids is 1. The lowest BCUT2D eigenvalue weighted by atomic mass is 10.0. The summed E-state index contributed by atoms with van der Waals surface area (Å²) in [5.74, 6) is -0.457. The summed E-state index contributed by atoms with van der Waals surface area (Å²) >= 11 is 1.39. The number of rotatable bonds is 5. The lowest BCUT2D eigenvalue weighted by molar-refractivity contribution is 0.0155. The fourth-order valence-electron chi connectivity index (χ4n) is 3.21. The molecule has 1 N–H and O–H groups in total. The smallest absolute Gasteiger partial charge is 0.273 e. The predicted molar refractivity (Wildman–Crippen MR) is 91.7 cm³/mol. The number of carbonyl (C=O) groups is 1. The average molecular weight is 348 g/mol. The highest BCUT2D eigenvalue weighted by atomic mass is 32.1. The quantitative estimate of drug-likeness (QED) is 0.902. The van der Waals surface area contributed by atoms with Gasteiger partial charge in [-0.05, 0) is 30.5 Å². The summed E-state index contributed by atoms with van der Waals surface area (Å²) in [4.78, 5) is 18.4. The molecule has 0 unspecified atom stereocenters. The van der Waals surface area contributed by atoms with Crippen LogP contribution in [0, 0.1) is 5.82 Å². The summed E-state index contributed by atoms with van der Waals surface area (Å²) < 4.78 is 13.2. The van der Waals surface area contributed by atoms with Gasteiger partial charge in [0.05, 0.1) is 10.6 Å². The van der Waals surface area contributed by atoms with Gasteiger partial charge < -0.3 is 10.0 Å². The SMILES string of the molecule is CN(CC1(O)CCCC1)C(=O)c1csc(Cc2cccc(F)c2)n1. The molecule has 1 heterocycles. The minimum absolute atomic E-state index is 0.183. The zero-order valence-electron chi connectivity index (χ0n) is 13.7. The van der Waals surface area contributed by atoms with Gasteiger partial charge in [0.25, 0.3) is 5.91 Å². The summed E-state index contributed by atoms with van der Waals surface area (Å²) in [5.41, 5.74) is 0.456. The Bertz CT molecular complexity index is 725. The number of hydrogen-bond acceptors (Lipinski definition) is 4. The van der Waals surface area contributed by atoms with Gasteiger partial charge in [0.15, 0.2) is 0 Å². The van der Waals surface area contributed by atoms with E-state index in [4.69, 9.17) is 0 Å². The van der Waals surface area contributed by atoms with Gasteiger partial charge in [-0.3, -0.25) is 4.79 Å². The van der Waals surface area contributed by atoms with E-state index in [0.717, 1.165) is 36.3 Å². The molecule has 3 rings (SSSR count). The third kappa shape index (κ3) is 3.99. The molecule has 0 saturated heterocycles. The number of thiazole rings is 1. The number of halogens is 1. The molecule has 1 aromatic carbocycles. The largest absolute Gasteiger partial charge is 0.388 e. The first-order valence-electron chi connectivity index (χ1n) is 8.12. The Morgan fingerprint density at radius 3 is 2.88 bits per heavy atom. The third-order valence-electron chi connectivity index (χ3n) is 4.43. The molecule has 0 bridgehead atoms. The summed E-state index contributed by atoms with van der Waals surface area (Å²) in [6.45, 7) is 0.336. The zero-order valence-corrected chi connectivity index (χ0v) is 14.5. The summed E-state index contributed by atoms with van der Waals surface area (Å²) in [6, 6.07) is 6.39. The van der Waals surface area contributed by atoms with Gasteiger partial charge in [-0.1, -0.05) is 25.0 Å². The minimum atomic E-state index is -0.759. The third-order valence-corrected chi connectivity index (χ3v) is 5.28. The molecule has 0 radical (unpaired) electrons. The van der Waals surface area contributed by atoms with Crippen molar-refractivity contribution < 1.29 is 14.3 Å². The molecule has 0 atom stereocenters. The van der Waals surface area contributed by atoms with Crippen LogP contribution >= 0.6 is 11.3 Å². The number of hydrogen-bond donors (Lipinski definition) is 1. The molecule has 0 aliphatic heterocycles. The fraction of sp³-hybridized carbons (Fsp3) is 0.444.